The van der Waals surface area contributed by atoms with Gasteiger partial charge in [-0.2, -0.15) is 0 Å². The largest absolute Gasteiger partial charge is 0.384 e. The van der Waals surface area contributed by atoms with Crippen LogP contribution in [-0.2, 0) is 0 Å². The van der Waals surface area contributed by atoms with Gasteiger partial charge in [-0.3, -0.25) is 0 Å². The first-order valence-corrected chi connectivity index (χ1v) is 8.68. The van der Waals surface area contributed by atoms with E-state index in [9.17, 15) is 0 Å². The molecule has 0 amide bonds. The van der Waals surface area contributed by atoms with Crippen molar-refractivity contribution in [2.75, 3.05) is 11.5 Å². The third-order valence-corrected chi connectivity index (χ3v) is 3.05. The van der Waals surface area contributed by atoms with Gasteiger partial charge in [-0.15, -0.1) is 33.2 Å². The van der Waals surface area contributed by atoms with Gasteiger partial charge >= 0.3 is 6.00 Å². The lowest BCUT2D eigenvalue weighted by molar-refractivity contribution is 1.44. The molecule has 0 heterocycles. The average molecular weight is 241 g/mol. The van der Waals surface area contributed by atoms with Gasteiger partial charge in [-0.25, -0.2) is 0 Å². The van der Waals surface area contributed by atoms with Crippen LogP contribution in [0.25, 0.3) is 0 Å². The number of hydrogen-bond acceptors (Lipinski definition) is 1. The Morgan fingerprint density at radius 3 is 2.17 bits per heavy atom. The predicted molar refractivity (Wildman–Crippen MR) is 58.2 cm³/mol. The standard InChI is InChI=1S/C7H8Cl3NSi/c8-12(9,10)6-11-7-4-2-1-3-5-7/h1-5,11H,6H2. The van der Waals surface area contributed by atoms with Gasteiger partial charge in [-0.1, -0.05) is 18.2 Å². The maximum atomic E-state index is 5.69. The van der Waals surface area contributed by atoms with Crippen molar-refractivity contribution in [2.45, 2.75) is 0 Å². The van der Waals surface area contributed by atoms with Gasteiger partial charge in [0.05, 0.1) is 6.17 Å². The molecule has 0 aromatic heterocycles. The molecule has 1 nitrogen and oxygen atoms in total. The maximum Gasteiger partial charge on any atom is 0.359 e. The Labute approximate surface area is 86.8 Å². The fraction of sp³-hybridized carbons (Fsp3) is 0.143. The van der Waals surface area contributed by atoms with Gasteiger partial charge in [0, 0.05) is 5.69 Å². The Morgan fingerprint density at radius 1 is 1.08 bits per heavy atom. The Morgan fingerprint density at radius 2 is 1.67 bits per heavy atom. The van der Waals surface area contributed by atoms with E-state index in [4.69, 9.17) is 33.2 Å². The van der Waals surface area contributed by atoms with Crippen LogP contribution in [0.1, 0.15) is 0 Å². The highest BCUT2D eigenvalue weighted by atomic mass is 35.8. The molecule has 12 heavy (non-hydrogen) atoms. The average Bonchev–Trinajstić information content (AvgIpc) is 2.02. The topological polar surface area (TPSA) is 12.0 Å². The van der Waals surface area contributed by atoms with Crippen LogP contribution < -0.4 is 5.32 Å². The van der Waals surface area contributed by atoms with Crippen molar-refractivity contribution < 1.29 is 0 Å². The van der Waals surface area contributed by atoms with E-state index < -0.39 is 6.00 Å². The lowest BCUT2D eigenvalue weighted by Gasteiger charge is -2.09. The highest BCUT2D eigenvalue weighted by Crippen LogP contribution is 2.20. The van der Waals surface area contributed by atoms with E-state index in [0.717, 1.165) is 5.69 Å². The van der Waals surface area contributed by atoms with Crippen LogP contribution in [0, 0.1) is 0 Å². The zero-order chi connectivity index (χ0) is 9.03. The molecule has 0 bridgehead atoms. The maximum absolute atomic E-state index is 5.69. The summed E-state index contributed by atoms with van der Waals surface area (Å²) in [5.74, 6) is 0. The summed E-state index contributed by atoms with van der Waals surface area (Å²) in [7, 11) is 0. The number of benzene rings is 1. The lowest BCUT2D eigenvalue weighted by atomic mass is 10.3. The van der Waals surface area contributed by atoms with Crippen molar-refractivity contribution in [3.05, 3.63) is 30.3 Å². The molecule has 1 rings (SSSR count). The second kappa shape index (κ2) is 4.37. The smallest absolute Gasteiger partial charge is 0.359 e. The molecular weight excluding hydrogens is 233 g/mol. The number of nitrogens with one attached hydrogen (secondary N) is 1. The minimum absolute atomic E-state index is 0.446. The molecule has 5 heteroatoms. The van der Waals surface area contributed by atoms with Gasteiger partial charge in [-0.05, 0) is 12.1 Å². The van der Waals surface area contributed by atoms with Crippen molar-refractivity contribution in [1.82, 2.24) is 0 Å². The Hall–Kier alpha value is 0.107. The van der Waals surface area contributed by atoms with Crippen LogP contribution >= 0.6 is 33.2 Å². The van der Waals surface area contributed by atoms with Crippen LogP contribution in [0.2, 0.25) is 0 Å². The summed E-state index contributed by atoms with van der Waals surface area (Å²) in [6, 6.07) is 7.14. The number of rotatable bonds is 3. The zero-order valence-electron chi connectivity index (χ0n) is 6.23. The normalized spacial score (nSPS) is 11.2. The SMILES string of the molecule is Cl[Si](Cl)(Cl)CNc1ccccc1. The Kier molecular flexibility index (Phi) is 3.71. The van der Waals surface area contributed by atoms with Crippen molar-refractivity contribution in [3.63, 3.8) is 0 Å². The molecule has 66 valence electrons. The molecule has 0 saturated heterocycles. The molecule has 0 radical (unpaired) electrons. The van der Waals surface area contributed by atoms with Crippen LogP contribution in [-0.4, -0.2) is 12.2 Å². The molecule has 1 aromatic rings. The molecule has 0 aliphatic carbocycles. The molecule has 0 aliphatic heterocycles. The second-order valence-corrected chi connectivity index (χ2v) is 11.5. The third-order valence-electron chi connectivity index (χ3n) is 1.27. The van der Waals surface area contributed by atoms with Gasteiger partial charge in [0.1, 0.15) is 0 Å². The molecule has 0 spiro atoms. The van der Waals surface area contributed by atoms with Crippen molar-refractivity contribution in [3.8, 4) is 0 Å². The predicted octanol–water partition coefficient (Wildman–Crippen LogP) is 3.29. The third kappa shape index (κ3) is 4.21. The zero-order valence-corrected chi connectivity index (χ0v) is 9.50. The van der Waals surface area contributed by atoms with Crippen molar-refractivity contribution in [2.24, 2.45) is 0 Å². The fourth-order valence-corrected chi connectivity index (χ4v) is 1.76. The van der Waals surface area contributed by atoms with Crippen molar-refractivity contribution >= 4 is 44.9 Å². The van der Waals surface area contributed by atoms with Crippen LogP contribution in [0.4, 0.5) is 5.69 Å². The quantitative estimate of drug-likeness (QED) is 0.631. The molecular formula is C7H8Cl3NSi. The monoisotopic (exact) mass is 239 g/mol. The van der Waals surface area contributed by atoms with E-state index >= 15 is 0 Å². The first-order chi connectivity index (χ1) is 5.58. The summed E-state index contributed by atoms with van der Waals surface area (Å²) < 4.78 is 0. The molecule has 0 saturated carbocycles. The molecule has 0 fully saturated rings. The molecule has 0 aliphatic rings. The Bertz CT molecular complexity index is 234. The van der Waals surface area contributed by atoms with Gasteiger partial charge in [0.25, 0.3) is 0 Å². The van der Waals surface area contributed by atoms with E-state index in [2.05, 4.69) is 5.32 Å². The van der Waals surface area contributed by atoms with E-state index in [-0.39, 0.29) is 0 Å². The van der Waals surface area contributed by atoms with Crippen LogP contribution in [0.15, 0.2) is 30.3 Å². The highest BCUT2D eigenvalue weighted by Gasteiger charge is 2.24. The fourth-order valence-electron chi connectivity index (χ4n) is 0.758. The van der Waals surface area contributed by atoms with Crippen LogP contribution in [0.3, 0.4) is 0 Å². The molecule has 0 atom stereocenters. The van der Waals surface area contributed by atoms with Gasteiger partial charge in [0.15, 0.2) is 0 Å². The van der Waals surface area contributed by atoms with E-state index in [1.807, 2.05) is 30.3 Å². The first-order valence-electron chi connectivity index (χ1n) is 3.43. The number of halogens is 3. The van der Waals surface area contributed by atoms with Gasteiger partial charge in [0.2, 0.25) is 0 Å². The summed E-state index contributed by atoms with van der Waals surface area (Å²) in [6.45, 7) is 0. The summed E-state index contributed by atoms with van der Waals surface area (Å²) in [6.07, 6.45) is 0.446. The summed E-state index contributed by atoms with van der Waals surface area (Å²) >= 11 is 17.1. The summed E-state index contributed by atoms with van der Waals surface area (Å²) in [4.78, 5) is 0. The highest BCUT2D eigenvalue weighted by molar-refractivity contribution is 7.65. The second-order valence-electron chi connectivity index (χ2n) is 2.33. The first kappa shape index (κ1) is 10.2. The van der Waals surface area contributed by atoms with Gasteiger partial charge < -0.3 is 5.32 Å². The molecule has 1 aromatic carbocycles. The Balaban J connectivity index is 2.44. The summed E-state index contributed by atoms with van der Waals surface area (Å²) in [5, 5.41) is 3.05. The molecule has 1 N–H and O–H groups in total. The number of hydrogen-bond donors (Lipinski definition) is 1. The summed E-state index contributed by atoms with van der Waals surface area (Å²) in [5.41, 5.74) is 0.983. The van der Waals surface area contributed by atoms with E-state index in [0.29, 0.717) is 6.17 Å². The minimum atomic E-state index is -2.53. The van der Waals surface area contributed by atoms with Crippen molar-refractivity contribution in [1.29, 1.82) is 0 Å². The minimum Gasteiger partial charge on any atom is -0.384 e. The van der Waals surface area contributed by atoms with E-state index in [1.54, 1.807) is 0 Å². The van der Waals surface area contributed by atoms with E-state index in [1.165, 1.54) is 0 Å². The lowest BCUT2D eigenvalue weighted by Crippen LogP contribution is -2.23. The number of anilines is 1. The van der Waals surface area contributed by atoms with Crippen LogP contribution in [0.5, 0.6) is 0 Å². The number of para-hydroxylation sites is 1. The molecule has 0 unspecified atom stereocenters.